The van der Waals surface area contributed by atoms with Gasteiger partial charge < -0.3 is 20.9 Å². The van der Waals surface area contributed by atoms with Crippen LogP contribution in [-0.4, -0.2) is 32.1 Å². The molecule has 0 aliphatic carbocycles. The van der Waals surface area contributed by atoms with E-state index in [2.05, 4.69) is 20.3 Å². The largest absolute Gasteiger partial charge is 0.478 e. The number of hydrogen-bond donors (Lipinski definition) is 3. The van der Waals surface area contributed by atoms with Gasteiger partial charge in [-0.2, -0.15) is 4.98 Å². The van der Waals surface area contributed by atoms with Crippen molar-refractivity contribution < 1.29 is 14.6 Å². The summed E-state index contributed by atoms with van der Waals surface area (Å²) in [5.74, 6) is -0.195. The lowest BCUT2D eigenvalue weighted by Gasteiger charge is -2.28. The molecular formula is C23H25Cl2N5O3. The van der Waals surface area contributed by atoms with Crippen molar-refractivity contribution in [1.82, 2.24) is 15.0 Å². The molecule has 0 aliphatic heterocycles. The third-order valence-electron chi connectivity index (χ3n) is 4.79. The number of benzene rings is 1. The first kappa shape index (κ1) is 24.5. The second-order valence-corrected chi connectivity index (χ2v) is 9.36. The summed E-state index contributed by atoms with van der Waals surface area (Å²) in [6.45, 7) is 5.46. The number of aliphatic carboxylic acids is 1. The van der Waals surface area contributed by atoms with E-state index in [9.17, 15) is 9.90 Å². The number of carbonyl (C=O) groups is 1. The number of pyridine rings is 1. The van der Waals surface area contributed by atoms with Crippen LogP contribution in [0.3, 0.4) is 0 Å². The molecule has 8 nitrogen and oxygen atoms in total. The molecule has 1 atom stereocenters. The van der Waals surface area contributed by atoms with Gasteiger partial charge in [-0.05, 0) is 59.8 Å². The van der Waals surface area contributed by atoms with Gasteiger partial charge in [0, 0.05) is 23.5 Å². The van der Waals surface area contributed by atoms with Crippen molar-refractivity contribution >= 4 is 46.4 Å². The molecule has 3 rings (SSSR count). The Labute approximate surface area is 202 Å². The summed E-state index contributed by atoms with van der Waals surface area (Å²) in [4.78, 5) is 23.9. The molecule has 0 fully saturated rings. The minimum atomic E-state index is -1.03. The Morgan fingerprint density at radius 2 is 1.94 bits per heavy atom. The maximum absolute atomic E-state index is 11.9. The van der Waals surface area contributed by atoms with Gasteiger partial charge in [-0.1, -0.05) is 32.4 Å². The number of aromatic nitrogens is 3. The summed E-state index contributed by atoms with van der Waals surface area (Å²) in [6, 6.07) is 7.21. The van der Waals surface area contributed by atoms with Gasteiger partial charge in [0.2, 0.25) is 5.28 Å². The van der Waals surface area contributed by atoms with Crippen molar-refractivity contribution in [2.75, 3.05) is 11.1 Å². The summed E-state index contributed by atoms with van der Waals surface area (Å²) in [7, 11) is 0. The van der Waals surface area contributed by atoms with Crippen molar-refractivity contribution in [3.8, 4) is 5.75 Å². The molecule has 1 unspecified atom stereocenters. The van der Waals surface area contributed by atoms with E-state index in [4.69, 9.17) is 33.7 Å². The van der Waals surface area contributed by atoms with E-state index in [1.807, 2.05) is 32.9 Å². The zero-order valence-electron chi connectivity index (χ0n) is 18.5. The van der Waals surface area contributed by atoms with Gasteiger partial charge in [-0.15, -0.1) is 0 Å². The minimum absolute atomic E-state index is 0.0609. The summed E-state index contributed by atoms with van der Waals surface area (Å²) in [5, 5.41) is 13.2. The Morgan fingerprint density at radius 1 is 1.18 bits per heavy atom. The molecule has 2 heterocycles. The number of rotatable bonds is 8. The molecule has 174 valence electrons. The van der Waals surface area contributed by atoms with Gasteiger partial charge in [0.05, 0.1) is 11.9 Å². The lowest BCUT2D eigenvalue weighted by molar-refractivity contribution is -0.150. The fraction of sp³-hybridized carbons (Fsp3) is 0.304. The fourth-order valence-electron chi connectivity index (χ4n) is 3.19. The summed E-state index contributed by atoms with van der Waals surface area (Å²) in [6.07, 6.45) is 4.90. The van der Waals surface area contributed by atoms with E-state index >= 15 is 0 Å². The van der Waals surface area contributed by atoms with Gasteiger partial charge >= 0.3 is 5.97 Å². The van der Waals surface area contributed by atoms with E-state index < -0.39 is 17.5 Å². The average molecular weight is 490 g/mol. The van der Waals surface area contributed by atoms with Gasteiger partial charge in [-0.3, -0.25) is 4.98 Å². The summed E-state index contributed by atoms with van der Waals surface area (Å²) in [5.41, 5.74) is 8.25. The number of halogens is 2. The molecule has 0 bridgehead atoms. The number of carboxylic acid groups (broad SMARTS) is 1. The highest BCUT2D eigenvalue weighted by atomic mass is 35.5. The van der Waals surface area contributed by atoms with Crippen molar-refractivity contribution in [2.24, 2.45) is 5.41 Å². The van der Waals surface area contributed by atoms with Crippen molar-refractivity contribution in [2.45, 2.75) is 39.7 Å². The Hall–Kier alpha value is -3.10. The first-order valence-corrected chi connectivity index (χ1v) is 11.0. The summed E-state index contributed by atoms with van der Waals surface area (Å²) >= 11 is 12.1. The Morgan fingerprint density at radius 3 is 2.61 bits per heavy atom. The smallest absolute Gasteiger partial charge is 0.345 e. The van der Waals surface area contributed by atoms with Crippen molar-refractivity contribution in [1.29, 1.82) is 0 Å². The van der Waals surface area contributed by atoms with Gasteiger partial charge in [0.25, 0.3) is 0 Å². The molecule has 2 aromatic heterocycles. The fourth-order valence-corrected chi connectivity index (χ4v) is 3.46. The number of ether oxygens (including phenoxy) is 1. The number of nitrogens with zero attached hydrogens (tertiary/aromatic N) is 3. The first-order valence-electron chi connectivity index (χ1n) is 10.2. The van der Waals surface area contributed by atoms with Crippen LogP contribution >= 0.6 is 23.2 Å². The van der Waals surface area contributed by atoms with Crippen LogP contribution in [0.25, 0.3) is 0 Å². The SMILES string of the molecule is CC(C)(C)C(Oc1ccc(Nc2nc(Cl)ncc2Cl)cc1CCc1cncc(N)c1)C(=O)O. The quantitative estimate of drug-likeness (QED) is 0.370. The molecule has 33 heavy (non-hydrogen) atoms. The van der Waals surface area contributed by atoms with Crippen LogP contribution in [0.1, 0.15) is 31.9 Å². The van der Waals surface area contributed by atoms with Crippen LogP contribution < -0.4 is 15.8 Å². The molecular weight excluding hydrogens is 465 g/mol. The van der Waals surface area contributed by atoms with Gasteiger partial charge in [0.1, 0.15) is 10.8 Å². The zero-order valence-corrected chi connectivity index (χ0v) is 20.0. The maximum Gasteiger partial charge on any atom is 0.345 e. The van der Waals surface area contributed by atoms with Crippen LogP contribution in [0.2, 0.25) is 10.3 Å². The predicted octanol–water partition coefficient (Wildman–Crippen LogP) is 5.17. The molecule has 0 saturated heterocycles. The van der Waals surface area contributed by atoms with E-state index in [1.165, 1.54) is 6.20 Å². The lowest BCUT2D eigenvalue weighted by Crippen LogP contribution is -2.39. The second kappa shape index (κ2) is 10.2. The number of nitrogens with two attached hydrogens (primary N) is 1. The maximum atomic E-state index is 11.9. The van der Waals surface area contributed by atoms with Crippen molar-refractivity contribution in [3.63, 3.8) is 0 Å². The van der Waals surface area contributed by atoms with E-state index in [0.29, 0.717) is 40.8 Å². The highest BCUT2D eigenvalue weighted by Gasteiger charge is 2.34. The molecule has 0 amide bonds. The Kier molecular flexibility index (Phi) is 7.61. The minimum Gasteiger partial charge on any atom is -0.478 e. The van der Waals surface area contributed by atoms with Crippen LogP contribution in [0.15, 0.2) is 42.9 Å². The third-order valence-corrected chi connectivity index (χ3v) is 5.25. The molecule has 10 heteroatoms. The number of carboxylic acids is 1. The Balaban J connectivity index is 1.93. The zero-order chi connectivity index (χ0) is 24.2. The molecule has 4 N–H and O–H groups in total. The average Bonchev–Trinajstić information content (AvgIpc) is 2.73. The van der Waals surface area contributed by atoms with Crippen LogP contribution in [0.5, 0.6) is 5.75 Å². The normalized spacial score (nSPS) is 12.3. The second-order valence-electron chi connectivity index (χ2n) is 8.61. The Bertz CT molecular complexity index is 1150. The highest BCUT2D eigenvalue weighted by Crippen LogP contribution is 2.32. The number of anilines is 3. The van der Waals surface area contributed by atoms with Crippen molar-refractivity contribution in [3.05, 3.63) is 64.3 Å². The van der Waals surface area contributed by atoms with Crippen LogP contribution in [0.4, 0.5) is 17.2 Å². The van der Waals surface area contributed by atoms with Gasteiger partial charge in [0.15, 0.2) is 11.9 Å². The lowest BCUT2D eigenvalue weighted by atomic mass is 9.89. The van der Waals surface area contributed by atoms with Crippen LogP contribution in [0, 0.1) is 5.41 Å². The molecule has 3 aromatic rings. The van der Waals surface area contributed by atoms with Gasteiger partial charge in [-0.25, -0.2) is 9.78 Å². The van der Waals surface area contributed by atoms with Crippen LogP contribution in [-0.2, 0) is 17.6 Å². The van der Waals surface area contributed by atoms with E-state index in [-0.39, 0.29) is 5.28 Å². The molecule has 1 aromatic carbocycles. The molecule has 0 aliphatic rings. The molecule has 0 spiro atoms. The van der Waals surface area contributed by atoms with E-state index in [0.717, 1.165) is 11.1 Å². The number of nitrogens with one attached hydrogen (secondary N) is 1. The number of aryl methyl sites for hydroxylation is 2. The number of hydrogen-bond acceptors (Lipinski definition) is 7. The monoisotopic (exact) mass is 489 g/mol. The predicted molar refractivity (Wildman–Crippen MR) is 129 cm³/mol. The number of nitrogen functional groups attached to an aromatic ring is 1. The van der Waals surface area contributed by atoms with E-state index in [1.54, 1.807) is 24.5 Å². The third kappa shape index (κ3) is 6.69. The highest BCUT2D eigenvalue weighted by molar-refractivity contribution is 6.33. The topological polar surface area (TPSA) is 123 Å². The first-order chi connectivity index (χ1) is 15.5. The summed E-state index contributed by atoms with van der Waals surface area (Å²) < 4.78 is 5.99. The molecule has 0 radical (unpaired) electrons. The standard InChI is InChI=1S/C23H25Cl2N5O3/c1-23(2,3)19(21(31)32)33-18-7-6-16(29-20-17(24)12-28-22(25)30-20)9-14(18)5-4-13-8-15(26)11-27-10-13/h6-12,19H,4-5,26H2,1-3H3,(H,31,32)(H,28,29,30). The molecule has 0 saturated carbocycles.